The van der Waals surface area contributed by atoms with Crippen LogP contribution in [0.2, 0.25) is 0 Å². The lowest BCUT2D eigenvalue weighted by Crippen LogP contribution is -2.55. The average Bonchev–Trinajstić information content (AvgIpc) is 2.84. The number of hydrazine groups is 1. The number of nitrogens with zero attached hydrogens (tertiary/aromatic N) is 2. The van der Waals surface area contributed by atoms with Gasteiger partial charge in [0.2, 0.25) is 5.96 Å². The summed E-state index contributed by atoms with van der Waals surface area (Å²) in [6, 6.07) is 1.01. The minimum atomic E-state index is 0.482. The molecule has 2 rings (SSSR count). The number of hydrogen-bond donors (Lipinski definition) is 2. The summed E-state index contributed by atoms with van der Waals surface area (Å²) in [5, 5.41) is 0. The monoisotopic (exact) mass is 252 g/mol. The third-order valence-corrected chi connectivity index (χ3v) is 4.63. The lowest BCUT2D eigenvalue weighted by molar-refractivity contribution is 0.142. The molecule has 0 amide bonds. The molecule has 0 bridgehead atoms. The van der Waals surface area contributed by atoms with E-state index in [0.29, 0.717) is 18.0 Å². The Morgan fingerprint density at radius 2 is 1.89 bits per heavy atom. The zero-order chi connectivity index (χ0) is 13.1. The Bertz CT molecular complexity index is 296. The second-order valence-electron chi connectivity index (χ2n) is 6.25. The first-order valence-electron chi connectivity index (χ1n) is 7.43. The lowest BCUT2D eigenvalue weighted by atomic mass is 9.86. The summed E-state index contributed by atoms with van der Waals surface area (Å²) in [5.41, 5.74) is 2.85. The molecule has 3 N–H and O–H groups in total. The van der Waals surface area contributed by atoms with Gasteiger partial charge in [0.25, 0.3) is 0 Å². The molecule has 0 aromatic heterocycles. The summed E-state index contributed by atoms with van der Waals surface area (Å²) in [6.45, 7) is 8.01. The Morgan fingerprint density at radius 1 is 1.22 bits per heavy atom. The molecule has 104 valence electrons. The van der Waals surface area contributed by atoms with Gasteiger partial charge in [-0.1, -0.05) is 26.7 Å². The summed E-state index contributed by atoms with van der Waals surface area (Å²) in [6.07, 6.45) is 6.37. The van der Waals surface area contributed by atoms with Gasteiger partial charge < -0.3 is 4.90 Å². The number of piperidine rings is 1. The highest BCUT2D eigenvalue weighted by atomic mass is 15.4. The van der Waals surface area contributed by atoms with E-state index >= 15 is 0 Å². The van der Waals surface area contributed by atoms with E-state index < -0.39 is 0 Å². The van der Waals surface area contributed by atoms with Crippen LogP contribution in [0.5, 0.6) is 0 Å². The molecule has 0 aromatic carbocycles. The molecule has 0 spiro atoms. The molecule has 1 aliphatic carbocycles. The normalized spacial score (nSPS) is 35.0. The average molecular weight is 252 g/mol. The number of hydrogen-bond acceptors (Lipinski definition) is 2. The van der Waals surface area contributed by atoms with Gasteiger partial charge in [-0.15, -0.1) is 0 Å². The van der Waals surface area contributed by atoms with Crippen LogP contribution in [-0.2, 0) is 0 Å². The Labute approximate surface area is 111 Å². The molecule has 2 aliphatic rings. The molecule has 4 nitrogen and oxygen atoms in total. The predicted octanol–water partition coefficient (Wildman–Crippen LogP) is 2.11. The van der Waals surface area contributed by atoms with Crippen molar-refractivity contribution < 1.29 is 0 Å². The summed E-state index contributed by atoms with van der Waals surface area (Å²) < 4.78 is 0. The number of aliphatic imine (C=N–C) groups is 1. The molecule has 3 unspecified atom stereocenters. The minimum Gasteiger partial charge on any atom is -0.339 e. The molecule has 0 aromatic rings. The number of guanidine groups is 1. The Morgan fingerprint density at radius 3 is 2.50 bits per heavy atom. The van der Waals surface area contributed by atoms with E-state index in [-0.39, 0.29) is 0 Å². The fraction of sp³-hybridized carbons (Fsp3) is 0.929. The van der Waals surface area contributed by atoms with Crippen molar-refractivity contribution in [3.63, 3.8) is 0 Å². The van der Waals surface area contributed by atoms with Crippen LogP contribution < -0.4 is 11.3 Å². The van der Waals surface area contributed by atoms with E-state index in [1.54, 1.807) is 0 Å². The molecule has 1 saturated heterocycles. The fourth-order valence-electron chi connectivity index (χ4n) is 3.40. The van der Waals surface area contributed by atoms with Gasteiger partial charge >= 0.3 is 0 Å². The summed E-state index contributed by atoms with van der Waals surface area (Å²) >= 11 is 0. The summed E-state index contributed by atoms with van der Waals surface area (Å²) in [4.78, 5) is 7.22. The van der Waals surface area contributed by atoms with Crippen LogP contribution in [0, 0.1) is 11.8 Å². The highest BCUT2D eigenvalue weighted by molar-refractivity contribution is 5.80. The van der Waals surface area contributed by atoms with Gasteiger partial charge in [-0.3, -0.25) is 5.43 Å². The number of nitrogens with one attached hydrogen (secondary N) is 1. The van der Waals surface area contributed by atoms with Gasteiger partial charge in [0.15, 0.2) is 0 Å². The van der Waals surface area contributed by atoms with E-state index in [0.717, 1.165) is 18.4 Å². The summed E-state index contributed by atoms with van der Waals surface area (Å²) in [7, 11) is 0. The second kappa shape index (κ2) is 5.91. The Balaban J connectivity index is 2.09. The van der Waals surface area contributed by atoms with Crippen LogP contribution in [0.3, 0.4) is 0 Å². The van der Waals surface area contributed by atoms with Crippen molar-refractivity contribution in [1.29, 1.82) is 0 Å². The molecule has 3 atom stereocenters. The molecular formula is C14H28N4. The molecule has 0 radical (unpaired) electrons. The van der Waals surface area contributed by atoms with Crippen molar-refractivity contribution in [3.8, 4) is 0 Å². The van der Waals surface area contributed by atoms with Crippen molar-refractivity contribution in [2.45, 2.75) is 65.0 Å². The summed E-state index contributed by atoms with van der Waals surface area (Å²) in [5.74, 6) is 8.05. The maximum atomic E-state index is 5.71. The first-order chi connectivity index (χ1) is 8.61. The van der Waals surface area contributed by atoms with E-state index in [1.807, 2.05) is 0 Å². The third kappa shape index (κ3) is 2.97. The van der Waals surface area contributed by atoms with Gasteiger partial charge in [0.05, 0.1) is 6.04 Å². The van der Waals surface area contributed by atoms with E-state index in [1.165, 1.54) is 32.1 Å². The molecule has 1 saturated carbocycles. The van der Waals surface area contributed by atoms with Crippen LogP contribution in [0.15, 0.2) is 4.99 Å². The van der Waals surface area contributed by atoms with E-state index in [2.05, 4.69) is 31.1 Å². The van der Waals surface area contributed by atoms with Crippen LogP contribution in [-0.4, -0.2) is 29.5 Å². The van der Waals surface area contributed by atoms with Crippen molar-refractivity contribution in [3.05, 3.63) is 0 Å². The van der Waals surface area contributed by atoms with Crippen LogP contribution in [0.4, 0.5) is 0 Å². The van der Waals surface area contributed by atoms with Gasteiger partial charge in [-0.05, 0) is 38.0 Å². The Kier molecular flexibility index (Phi) is 4.49. The molecule has 4 heteroatoms. The first kappa shape index (κ1) is 13.7. The van der Waals surface area contributed by atoms with Crippen LogP contribution in [0.1, 0.15) is 52.9 Å². The van der Waals surface area contributed by atoms with Gasteiger partial charge in [0.1, 0.15) is 0 Å². The number of rotatable bonds is 1. The minimum absolute atomic E-state index is 0.482. The fourth-order valence-corrected chi connectivity index (χ4v) is 3.40. The molecule has 1 heterocycles. The molecule has 1 aliphatic heterocycles. The quantitative estimate of drug-likeness (QED) is 0.325. The topological polar surface area (TPSA) is 53.6 Å². The van der Waals surface area contributed by atoms with Crippen molar-refractivity contribution in [1.82, 2.24) is 10.3 Å². The molecule has 2 fully saturated rings. The predicted molar refractivity (Wildman–Crippen MR) is 76.1 cm³/mol. The highest BCUT2D eigenvalue weighted by Gasteiger charge is 2.31. The second-order valence-corrected chi connectivity index (χ2v) is 6.25. The zero-order valence-electron chi connectivity index (χ0n) is 12.0. The van der Waals surface area contributed by atoms with E-state index in [9.17, 15) is 0 Å². The maximum Gasteiger partial charge on any atom is 0.208 e. The third-order valence-electron chi connectivity index (χ3n) is 4.63. The maximum absolute atomic E-state index is 5.71. The SMILES string of the molecule is CC1CC(C)C(C)N(C(=NC2CCCC2)NN)C1. The Hall–Kier alpha value is -0.770. The van der Waals surface area contributed by atoms with Gasteiger partial charge in [0, 0.05) is 12.6 Å². The standard InChI is InChI=1S/C14H28N4/c1-10-8-11(2)12(3)18(9-10)14(17-15)16-13-6-4-5-7-13/h10-13H,4-9,15H2,1-3H3,(H,16,17). The van der Waals surface area contributed by atoms with Crippen molar-refractivity contribution in [2.24, 2.45) is 22.7 Å². The number of nitrogens with two attached hydrogens (primary N) is 1. The molecule has 18 heavy (non-hydrogen) atoms. The van der Waals surface area contributed by atoms with E-state index in [4.69, 9.17) is 10.8 Å². The van der Waals surface area contributed by atoms with Gasteiger partial charge in [-0.2, -0.15) is 0 Å². The molecular weight excluding hydrogens is 224 g/mol. The van der Waals surface area contributed by atoms with Crippen LogP contribution in [0.25, 0.3) is 0 Å². The smallest absolute Gasteiger partial charge is 0.208 e. The highest BCUT2D eigenvalue weighted by Crippen LogP contribution is 2.28. The number of likely N-dealkylation sites (tertiary alicyclic amines) is 1. The van der Waals surface area contributed by atoms with Crippen molar-refractivity contribution in [2.75, 3.05) is 6.54 Å². The van der Waals surface area contributed by atoms with Gasteiger partial charge in [-0.25, -0.2) is 10.8 Å². The van der Waals surface area contributed by atoms with Crippen LogP contribution >= 0.6 is 0 Å². The first-order valence-corrected chi connectivity index (χ1v) is 7.43. The lowest BCUT2D eigenvalue weighted by Gasteiger charge is -2.42. The van der Waals surface area contributed by atoms with Crippen molar-refractivity contribution >= 4 is 5.96 Å². The zero-order valence-corrected chi connectivity index (χ0v) is 12.0. The largest absolute Gasteiger partial charge is 0.339 e.